The van der Waals surface area contributed by atoms with Gasteiger partial charge in [-0.25, -0.2) is 0 Å². The molecule has 1 amide bonds. The minimum absolute atomic E-state index is 0.171. The minimum Gasteiger partial charge on any atom is -0.368 e. The van der Waals surface area contributed by atoms with Gasteiger partial charge in [0.1, 0.15) is 6.10 Å². The molecule has 0 radical (unpaired) electrons. The molecule has 2 saturated heterocycles. The van der Waals surface area contributed by atoms with E-state index in [1.54, 1.807) is 11.3 Å². The van der Waals surface area contributed by atoms with E-state index >= 15 is 0 Å². The Labute approximate surface area is 105 Å². The van der Waals surface area contributed by atoms with Gasteiger partial charge in [0.25, 0.3) is 5.91 Å². The summed E-state index contributed by atoms with van der Waals surface area (Å²) in [6.45, 7) is 1.63. The van der Waals surface area contributed by atoms with Crippen molar-refractivity contribution in [2.45, 2.75) is 37.8 Å². The molecule has 0 unspecified atom stereocenters. The van der Waals surface area contributed by atoms with Crippen LogP contribution in [-0.4, -0.2) is 30.1 Å². The van der Waals surface area contributed by atoms with E-state index in [0.29, 0.717) is 6.04 Å². The first-order valence-electron chi connectivity index (χ1n) is 6.32. The van der Waals surface area contributed by atoms with Gasteiger partial charge in [0.05, 0.1) is 6.04 Å². The van der Waals surface area contributed by atoms with E-state index in [1.807, 2.05) is 4.90 Å². The summed E-state index contributed by atoms with van der Waals surface area (Å²) in [6, 6.07) is 4.50. The molecule has 3 nitrogen and oxygen atoms in total. The minimum atomic E-state index is -0.171. The number of carbonyl (C=O) groups is 1. The molecule has 17 heavy (non-hydrogen) atoms. The van der Waals surface area contributed by atoms with Crippen molar-refractivity contribution in [3.05, 3.63) is 22.4 Å². The Hall–Kier alpha value is -0.870. The summed E-state index contributed by atoms with van der Waals surface area (Å²) in [4.78, 5) is 15.7. The number of nitrogens with zero attached hydrogens (tertiary/aromatic N) is 1. The molecule has 4 heteroatoms. The van der Waals surface area contributed by atoms with Gasteiger partial charge in [-0.1, -0.05) is 6.07 Å². The van der Waals surface area contributed by atoms with E-state index in [4.69, 9.17) is 4.74 Å². The Kier molecular flexibility index (Phi) is 3.16. The number of hydrogen-bond acceptors (Lipinski definition) is 3. The Morgan fingerprint density at radius 1 is 1.41 bits per heavy atom. The van der Waals surface area contributed by atoms with Crippen LogP contribution in [0.4, 0.5) is 0 Å². The van der Waals surface area contributed by atoms with Gasteiger partial charge in [-0.2, -0.15) is 0 Å². The first kappa shape index (κ1) is 11.2. The number of amides is 1. The quantitative estimate of drug-likeness (QED) is 0.808. The molecule has 3 rings (SSSR count). The third-order valence-corrected chi connectivity index (χ3v) is 4.59. The predicted octanol–water partition coefficient (Wildman–Crippen LogP) is 2.59. The zero-order chi connectivity index (χ0) is 11.7. The zero-order valence-electron chi connectivity index (χ0n) is 9.80. The SMILES string of the molecule is O=C([C@@H]1CCCO1)N1CCC[C@H]1c1cccs1. The van der Waals surface area contributed by atoms with Crippen LogP contribution in [0.3, 0.4) is 0 Å². The van der Waals surface area contributed by atoms with Crippen molar-refractivity contribution in [2.24, 2.45) is 0 Å². The fourth-order valence-electron chi connectivity index (χ4n) is 2.76. The smallest absolute Gasteiger partial charge is 0.252 e. The van der Waals surface area contributed by atoms with Gasteiger partial charge in [0, 0.05) is 18.0 Å². The lowest BCUT2D eigenvalue weighted by atomic mass is 10.1. The molecular weight excluding hydrogens is 234 g/mol. The molecule has 2 aliphatic heterocycles. The second-order valence-electron chi connectivity index (χ2n) is 4.71. The summed E-state index contributed by atoms with van der Waals surface area (Å²) in [7, 11) is 0. The lowest BCUT2D eigenvalue weighted by Gasteiger charge is -2.26. The van der Waals surface area contributed by atoms with E-state index in [1.165, 1.54) is 4.88 Å². The molecule has 2 atom stereocenters. The highest BCUT2D eigenvalue weighted by molar-refractivity contribution is 7.10. The maximum Gasteiger partial charge on any atom is 0.252 e. The summed E-state index contributed by atoms with van der Waals surface area (Å²) < 4.78 is 5.51. The Bertz CT molecular complexity index is 384. The molecule has 0 saturated carbocycles. The normalized spacial score (nSPS) is 28.8. The van der Waals surface area contributed by atoms with Crippen LogP contribution in [0.15, 0.2) is 17.5 Å². The number of thiophene rings is 1. The molecular formula is C13H17NO2S. The Balaban J connectivity index is 1.75. The van der Waals surface area contributed by atoms with E-state index in [2.05, 4.69) is 17.5 Å². The number of ether oxygens (including phenoxy) is 1. The van der Waals surface area contributed by atoms with Crippen molar-refractivity contribution >= 4 is 17.2 Å². The van der Waals surface area contributed by atoms with Gasteiger partial charge in [-0.05, 0) is 37.1 Å². The number of rotatable bonds is 2. The highest BCUT2D eigenvalue weighted by Crippen LogP contribution is 2.35. The molecule has 0 aliphatic carbocycles. The summed E-state index contributed by atoms with van der Waals surface area (Å²) in [5.41, 5.74) is 0. The van der Waals surface area contributed by atoms with Crippen molar-refractivity contribution in [1.29, 1.82) is 0 Å². The molecule has 0 spiro atoms. The van der Waals surface area contributed by atoms with Crippen LogP contribution in [0.25, 0.3) is 0 Å². The van der Waals surface area contributed by atoms with Crippen LogP contribution < -0.4 is 0 Å². The largest absolute Gasteiger partial charge is 0.368 e. The van der Waals surface area contributed by atoms with Gasteiger partial charge in [0.15, 0.2) is 0 Å². The highest BCUT2D eigenvalue weighted by Gasteiger charge is 2.35. The van der Waals surface area contributed by atoms with Crippen molar-refractivity contribution < 1.29 is 9.53 Å². The maximum absolute atomic E-state index is 12.4. The van der Waals surface area contributed by atoms with E-state index < -0.39 is 0 Å². The number of likely N-dealkylation sites (tertiary alicyclic amines) is 1. The molecule has 3 heterocycles. The molecule has 92 valence electrons. The lowest BCUT2D eigenvalue weighted by Crippen LogP contribution is -2.38. The third kappa shape index (κ3) is 2.11. The first-order chi connectivity index (χ1) is 8.36. The van der Waals surface area contributed by atoms with Crippen molar-refractivity contribution in [3.8, 4) is 0 Å². The van der Waals surface area contributed by atoms with Crippen molar-refractivity contribution in [3.63, 3.8) is 0 Å². The van der Waals surface area contributed by atoms with Crippen LogP contribution in [0.1, 0.15) is 36.6 Å². The van der Waals surface area contributed by atoms with Gasteiger partial charge in [-0.3, -0.25) is 4.79 Å². The van der Waals surface area contributed by atoms with Gasteiger partial charge in [-0.15, -0.1) is 11.3 Å². The molecule has 2 fully saturated rings. The average Bonchev–Trinajstić information content (AvgIpc) is 3.09. The molecule has 0 bridgehead atoms. The zero-order valence-corrected chi connectivity index (χ0v) is 10.6. The van der Waals surface area contributed by atoms with Gasteiger partial charge in [0.2, 0.25) is 0 Å². The fourth-order valence-corrected chi connectivity index (χ4v) is 3.64. The van der Waals surface area contributed by atoms with Crippen LogP contribution in [-0.2, 0) is 9.53 Å². The van der Waals surface area contributed by atoms with Crippen LogP contribution in [0, 0.1) is 0 Å². The fraction of sp³-hybridized carbons (Fsp3) is 0.615. The van der Waals surface area contributed by atoms with Gasteiger partial charge >= 0.3 is 0 Å². The van der Waals surface area contributed by atoms with Crippen LogP contribution >= 0.6 is 11.3 Å². The first-order valence-corrected chi connectivity index (χ1v) is 7.20. The summed E-state index contributed by atoms with van der Waals surface area (Å²) in [5.74, 6) is 0.207. The summed E-state index contributed by atoms with van der Waals surface area (Å²) >= 11 is 1.75. The van der Waals surface area contributed by atoms with E-state index in [0.717, 1.165) is 38.8 Å². The highest BCUT2D eigenvalue weighted by atomic mass is 32.1. The third-order valence-electron chi connectivity index (χ3n) is 3.61. The van der Waals surface area contributed by atoms with E-state index in [9.17, 15) is 4.79 Å². The lowest BCUT2D eigenvalue weighted by molar-refractivity contribution is -0.141. The number of carbonyl (C=O) groups excluding carboxylic acids is 1. The maximum atomic E-state index is 12.4. The summed E-state index contributed by atoms with van der Waals surface area (Å²) in [5, 5.41) is 2.09. The van der Waals surface area contributed by atoms with Gasteiger partial charge < -0.3 is 9.64 Å². The van der Waals surface area contributed by atoms with Crippen molar-refractivity contribution in [2.75, 3.05) is 13.2 Å². The van der Waals surface area contributed by atoms with Crippen LogP contribution in [0.5, 0.6) is 0 Å². The molecule has 1 aromatic heterocycles. The van der Waals surface area contributed by atoms with E-state index in [-0.39, 0.29) is 12.0 Å². The van der Waals surface area contributed by atoms with Crippen molar-refractivity contribution in [1.82, 2.24) is 4.90 Å². The molecule has 0 N–H and O–H groups in total. The topological polar surface area (TPSA) is 29.5 Å². The monoisotopic (exact) mass is 251 g/mol. The second-order valence-corrected chi connectivity index (χ2v) is 5.69. The number of hydrogen-bond donors (Lipinski definition) is 0. The van der Waals surface area contributed by atoms with Crippen LogP contribution in [0.2, 0.25) is 0 Å². The molecule has 0 aromatic carbocycles. The predicted molar refractivity (Wildman–Crippen MR) is 67.0 cm³/mol. The molecule has 2 aliphatic rings. The Morgan fingerprint density at radius 3 is 3.06 bits per heavy atom. The standard InChI is InChI=1S/C13H17NO2S/c15-13(11-5-2-8-16-11)14-7-1-4-10(14)12-6-3-9-17-12/h3,6,9-11H,1-2,4-5,7-8H2/t10-,11-/m0/s1. The summed E-state index contributed by atoms with van der Waals surface area (Å²) in [6.07, 6.45) is 3.95. The molecule has 1 aromatic rings. The Morgan fingerprint density at radius 2 is 2.35 bits per heavy atom. The second kappa shape index (κ2) is 4.78. The average molecular weight is 251 g/mol.